The fraction of sp³-hybridized carbons (Fsp3) is 0.286. The molecule has 9 heteroatoms. The van der Waals surface area contributed by atoms with Crippen LogP contribution in [-0.2, 0) is 28.7 Å². The number of rotatable bonds is 8. The van der Waals surface area contributed by atoms with Gasteiger partial charge in [0, 0.05) is 19.2 Å². The molecule has 1 aromatic heterocycles. The molecule has 0 amide bonds. The van der Waals surface area contributed by atoms with Crippen molar-refractivity contribution in [2.24, 2.45) is 0 Å². The molecule has 4 rings (SSSR count). The largest absolute Gasteiger partial charge is 0.380 e. The minimum absolute atomic E-state index is 0.135. The second kappa shape index (κ2) is 8.75. The van der Waals surface area contributed by atoms with Gasteiger partial charge in [-0.05, 0) is 42.8 Å². The maximum Gasteiger partial charge on any atom is 0.187 e. The number of sulfone groups is 1. The summed E-state index contributed by atoms with van der Waals surface area (Å²) in [7, 11) is -3.95. The van der Waals surface area contributed by atoms with Crippen LogP contribution < -0.4 is 5.32 Å². The average Bonchev–Trinajstić information content (AvgIpc) is 3.18. The highest BCUT2D eigenvalue weighted by Crippen LogP contribution is 2.30. The van der Waals surface area contributed by atoms with Crippen LogP contribution in [0.1, 0.15) is 23.2 Å². The first kappa shape index (κ1) is 20.8. The maximum absolute atomic E-state index is 14.7. The first-order valence-electron chi connectivity index (χ1n) is 9.56. The van der Waals surface area contributed by atoms with Gasteiger partial charge in [0.15, 0.2) is 9.84 Å². The van der Waals surface area contributed by atoms with Crippen LogP contribution in [0.2, 0.25) is 5.02 Å². The molecule has 0 unspecified atom stereocenters. The van der Waals surface area contributed by atoms with Crippen LogP contribution in [0.3, 0.4) is 0 Å². The molecular weight excluding hydrogens is 429 g/mol. The lowest BCUT2D eigenvalue weighted by Gasteiger charge is -2.31. The highest BCUT2D eigenvalue weighted by atomic mass is 35.5. The monoisotopic (exact) mass is 449 g/mol. The SMILES string of the molecule is O=S(=O)(Cc1ccon1)c1cc(Cl)c(NCc2ccccc2CN2CCC2)cc1F. The van der Waals surface area contributed by atoms with Gasteiger partial charge >= 0.3 is 0 Å². The van der Waals surface area contributed by atoms with Gasteiger partial charge in [0.2, 0.25) is 0 Å². The van der Waals surface area contributed by atoms with Gasteiger partial charge in [-0.1, -0.05) is 41.0 Å². The normalized spacial score (nSPS) is 14.5. The van der Waals surface area contributed by atoms with Crippen molar-refractivity contribution in [2.75, 3.05) is 18.4 Å². The van der Waals surface area contributed by atoms with Gasteiger partial charge in [-0.15, -0.1) is 0 Å². The molecule has 30 heavy (non-hydrogen) atoms. The first-order chi connectivity index (χ1) is 14.4. The molecule has 0 atom stereocenters. The lowest BCUT2D eigenvalue weighted by Crippen LogP contribution is -2.36. The van der Waals surface area contributed by atoms with Crippen molar-refractivity contribution in [1.82, 2.24) is 10.1 Å². The zero-order valence-corrected chi connectivity index (χ0v) is 17.7. The Morgan fingerprint density at radius 1 is 1.17 bits per heavy atom. The van der Waals surface area contributed by atoms with Crippen LogP contribution in [0.25, 0.3) is 0 Å². The molecular formula is C21H21ClFN3O3S. The minimum atomic E-state index is -3.95. The second-order valence-electron chi connectivity index (χ2n) is 7.26. The minimum Gasteiger partial charge on any atom is -0.380 e. The number of benzene rings is 2. The van der Waals surface area contributed by atoms with Crippen LogP contribution in [0, 0.1) is 5.82 Å². The molecule has 2 aromatic carbocycles. The third kappa shape index (κ3) is 4.66. The lowest BCUT2D eigenvalue weighted by molar-refractivity contribution is 0.172. The topological polar surface area (TPSA) is 75.4 Å². The molecule has 1 fully saturated rings. The third-order valence-electron chi connectivity index (χ3n) is 5.12. The molecule has 3 aromatic rings. The van der Waals surface area contributed by atoms with Crippen molar-refractivity contribution in [3.63, 3.8) is 0 Å². The Morgan fingerprint density at radius 3 is 2.60 bits per heavy atom. The summed E-state index contributed by atoms with van der Waals surface area (Å²) in [5, 5.41) is 6.84. The summed E-state index contributed by atoms with van der Waals surface area (Å²) in [6, 6.07) is 11.7. The summed E-state index contributed by atoms with van der Waals surface area (Å²) >= 11 is 6.28. The van der Waals surface area contributed by atoms with E-state index in [1.165, 1.54) is 24.3 Å². The molecule has 1 aliphatic rings. The van der Waals surface area contributed by atoms with Crippen molar-refractivity contribution in [1.29, 1.82) is 0 Å². The van der Waals surface area contributed by atoms with E-state index in [1.807, 2.05) is 18.2 Å². The number of likely N-dealkylation sites (tertiary alicyclic amines) is 1. The fourth-order valence-electron chi connectivity index (χ4n) is 3.34. The Labute approximate surface area is 179 Å². The van der Waals surface area contributed by atoms with Gasteiger partial charge in [0.25, 0.3) is 0 Å². The molecule has 0 aliphatic carbocycles. The quantitative estimate of drug-likeness (QED) is 0.553. The van der Waals surface area contributed by atoms with E-state index in [0.29, 0.717) is 12.2 Å². The van der Waals surface area contributed by atoms with Gasteiger partial charge in [-0.2, -0.15) is 0 Å². The predicted molar refractivity (Wildman–Crippen MR) is 112 cm³/mol. The molecule has 2 heterocycles. The zero-order valence-electron chi connectivity index (χ0n) is 16.1. The number of hydrogen-bond acceptors (Lipinski definition) is 6. The highest BCUT2D eigenvalue weighted by molar-refractivity contribution is 7.90. The van der Waals surface area contributed by atoms with Crippen molar-refractivity contribution < 1.29 is 17.3 Å². The number of halogens is 2. The van der Waals surface area contributed by atoms with Crippen molar-refractivity contribution in [3.05, 3.63) is 76.4 Å². The molecule has 1 N–H and O–H groups in total. The Kier molecular flexibility index (Phi) is 6.08. The van der Waals surface area contributed by atoms with E-state index in [2.05, 4.69) is 26.0 Å². The smallest absolute Gasteiger partial charge is 0.187 e. The summed E-state index contributed by atoms with van der Waals surface area (Å²) < 4.78 is 44.4. The summed E-state index contributed by atoms with van der Waals surface area (Å²) in [4.78, 5) is 1.90. The van der Waals surface area contributed by atoms with Crippen LogP contribution in [0.4, 0.5) is 10.1 Å². The zero-order chi connectivity index (χ0) is 21.1. The number of nitrogens with one attached hydrogen (secondary N) is 1. The van der Waals surface area contributed by atoms with Crippen LogP contribution in [0.15, 0.2) is 58.1 Å². The Bertz CT molecular complexity index is 1130. The highest BCUT2D eigenvalue weighted by Gasteiger charge is 2.23. The van der Waals surface area contributed by atoms with Gasteiger partial charge in [-0.3, -0.25) is 4.90 Å². The molecule has 0 saturated carbocycles. The number of hydrogen-bond donors (Lipinski definition) is 1. The van der Waals surface area contributed by atoms with Crippen molar-refractivity contribution in [2.45, 2.75) is 30.2 Å². The fourth-order valence-corrected chi connectivity index (χ4v) is 4.98. The number of nitrogens with zero attached hydrogens (tertiary/aromatic N) is 2. The van der Waals surface area contributed by atoms with Crippen molar-refractivity contribution in [3.8, 4) is 0 Å². The first-order valence-corrected chi connectivity index (χ1v) is 11.6. The molecule has 1 saturated heterocycles. The van der Waals surface area contributed by atoms with Gasteiger partial charge in [0.1, 0.15) is 22.7 Å². The van der Waals surface area contributed by atoms with Crippen molar-refractivity contribution >= 4 is 27.1 Å². The maximum atomic E-state index is 14.7. The molecule has 6 nitrogen and oxygen atoms in total. The summed E-state index contributed by atoms with van der Waals surface area (Å²) in [6.07, 6.45) is 2.49. The molecule has 0 spiro atoms. The van der Waals surface area contributed by atoms with E-state index >= 15 is 0 Å². The van der Waals surface area contributed by atoms with E-state index in [0.717, 1.165) is 37.3 Å². The van der Waals surface area contributed by atoms with E-state index in [1.54, 1.807) is 0 Å². The molecule has 158 valence electrons. The average molecular weight is 450 g/mol. The van der Waals surface area contributed by atoms with E-state index in [9.17, 15) is 12.8 Å². The number of aromatic nitrogens is 1. The molecule has 1 aliphatic heterocycles. The number of anilines is 1. The van der Waals surface area contributed by atoms with Crippen LogP contribution in [-0.4, -0.2) is 31.6 Å². The third-order valence-corrected chi connectivity index (χ3v) is 7.09. The Balaban J connectivity index is 1.50. The van der Waals surface area contributed by atoms with Gasteiger partial charge in [-0.25, -0.2) is 12.8 Å². The van der Waals surface area contributed by atoms with E-state index in [4.69, 9.17) is 11.6 Å². The summed E-state index contributed by atoms with van der Waals surface area (Å²) in [6.45, 7) is 3.53. The lowest BCUT2D eigenvalue weighted by atomic mass is 10.1. The standard InChI is InChI=1S/C21H21ClFN3O3S/c22-18-10-21(30(27,28)14-17-6-9-29-25-17)19(23)11-20(18)24-12-15-4-1-2-5-16(15)13-26-7-3-8-26/h1-2,4-6,9-11,24H,3,7-8,12-14H2. The van der Waals surface area contributed by atoms with Crippen LogP contribution >= 0.6 is 11.6 Å². The van der Waals surface area contributed by atoms with Gasteiger partial charge in [0.05, 0.1) is 16.4 Å². The van der Waals surface area contributed by atoms with Crippen LogP contribution in [0.5, 0.6) is 0 Å². The molecule has 0 bridgehead atoms. The Hall–Kier alpha value is -2.42. The second-order valence-corrected chi connectivity index (χ2v) is 9.63. The Morgan fingerprint density at radius 2 is 1.93 bits per heavy atom. The predicted octanol–water partition coefficient (Wildman–Crippen LogP) is 4.26. The van der Waals surface area contributed by atoms with Gasteiger partial charge < -0.3 is 9.84 Å². The summed E-state index contributed by atoms with van der Waals surface area (Å²) in [5.41, 5.74) is 2.83. The van der Waals surface area contributed by atoms with E-state index in [-0.39, 0.29) is 10.7 Å². The summed E-state index contributed by atoms with van der Waals surface area (Å²) in [5.74, 6) is -1.33. The van der Waals surface area contributed by atoms with E-state index < -0.39 is 26.3 Å². The molecule has 0 radical (unpaired) electrons.